The average molecular weight is 451 g/mol. The Kier molecular flexibility index (Phi) is 6.22. The predicted molar refractivity (Wildman–Crippen MR) is 126 cm³/mol. The number of ether oxygens (including phenoxy) is 1. The Hall–Kier alpha value is -3.62. The van der Waals surface area contributed by atoms with E-state index in [1.54, 1.807) is 22.8 Å². The molecule has 9 nitrogen and oxygen atoms in total. The van der Waals surface area contributed by atoms with Gasteiger partial charge in [-0.15, -0.1) is 5.10 Å². The van der Waals surface area contributed by atoms with Gasteiger partial charge in [-0.25, -0.2) is 14.3 Å². The Balaban J connectivity index is 1.42. The quantitative estimate of drug-likeness (QED) is 0.592. The van der Waals surface area contributed by atoms with E-state index in [2.05, 4.69) is 15.4 Å². The second-order valence-corrected chi connectivity index (χ2v) is 9.26. The van der Waals surface area contributed by atoms with E-state index in [1.165, 1.54) is 0 Å². The molecule has 1 atom stereocenters. The second kappa shape index (κ2) is 9.09. The summed E-state index contributed by atoms with van der Waals surface area (Å²) < 4.78 is 7.32. The van der Waals surface area contributed by atoms with Crippen LogP contribution in [0.3, 0.4) is 0 Å². The molecule has 1 fully saturated rings. The van der Waals surface area contributed by atoms with Gasteiger partial charge < -0.3 is 20.7 Å². The molecule has 3 N–H and O–H groups in total. The van der Waals surface area contributed by atoms with Crippen LogP contribution < -0.4 is 11.1 Å². The fraction of sp³-hybridized carbons (Fsp3) is 0.417. The normalized spacial score (nSPS) is 16.2. The summed E-state index contributed by atoms with van der Waals surface area (Å²) in [5, 5.41) is 8.05. The van der Waals surface area contributed by atoms with Crippen LogP contribution in [-0.4, -0.2) is 56.2 Å². The van der Waals surface area contributed by atoms with Gasteiger partial charge in [-0.05, 0) is 64.3 Å². The first-order chi connectivity index (χ1) is 15.7. The zero-order valence-electron chi connectivity index (χ0n) is 19.2. The Bertz CT molecular complexity index is 1150. The molecule has 3 aromatic rings. The number of hydrogen-bond donors (Lipinski definition) is 2. The zero-order chi connectivity index (χ0) is 23.6. The van der Waals surface area contributed by atoms with Crippen molar-refractivity contribution in [2.75, 3.05) is 18.4 Å². The molecule has 33 heavy (non-hydrogen) atoms. The minimum Gasteiger partial charge on any atom is -0.444 e. The number of aromatic nitrogens is 3. The molecule has 4 rings (SSSR count). The van der Waals surface area contributed by atoms with Gasteiger partial charge in [0.25, 0.3) is 0 Å². The van der Waals surface area contributed by atoms with E-state index in [1.807, 2.05) is 49.9 Å². The molecule has 0 spiro atoms. The number of nitrogens with two attached hydrogens (primary N) is 1. The molecular formula is C24H30N6O3. The summed E-state index contributed by atoms with van der Waals surface area (Å²) in [6.07, 6.45) is 4.28. The lowest BCUT2D eigenvalue weighted by Gasteiger charge is -2.28. The van der Waals surface area contributed by atoms with E-state index in [9.17, 15) is 9.59 Å². The lowest BCUT2D eigenvalue weighted by molar-refractivity contribution is 0.0223. The number of carbonyl (C=O) groups excluding carboxylic acids is 2. The molecule has 1 aliphatic rings. The molecule has 1 saturated heterocycles. The van der Waals surface area contributed by atoms with Crippen LogP contribution >= 0.6 is 0 Å². The molecule has 9 heteroatoms. The third-order valence-corrected chi connectivity index (χ3v) is 5.62. The van der Waals surface area contributed by atoms with Crippen molar-refractivity contribution in [3.8, 4) is 11.3 Å². The van der Waals surface area contributed by atoms with Gasteiger partial charge in [-0.3, -0.25) is 4.79 Å². The van der Waals surface area contributed by atoms with Crippen molar-refractivity contribution in [2.45, 2.75) is 51.7 Å². The number of likely N-dealkylation sites (tertiary alicyclic amines) is 1. The summed E-state index contributed by atoms with van der Waals surface area (Å²) >= 11 is 0. The Morgan fingerprint density at radius 3 is 2.64 bits per heavy atom. The molecule has 1 aromatic carbocycles. The number of rotatable bonds is 6. The van der Waals surface area contributed by atoms with Crippen molar-refractivity contribution in [1.82, 2.24) is 19.5 Å². The Morgan fingerprint density at radius 1 is 1.18 bits per heavy atom. The minimum atomic E-state index is -0.496. The summed E-state index contributed by atoms with van der Waals surface area (Å²) in [6, 6.07) is 11.0. The van der Waals surface area contributed by atoms with E-state index in [4.69, 9.17) is 10.5 Å². The lowest BCUT2D eigenvalue weighted by atomic mass is 10.1. The monoisotopic (exact) mass is 450 g/mol. The van der Waals surface area contributed by atoms with Crippen molar-refractivity contribution in [1.29, 1.82) is 0 Å². The highest BCUT2D eigenvalue weighted by atomic mass is 16.6. The largest absolute Gasteiger partial charge is 0.444 e. The molecule has 174 valence electrons. The van der Waals surface area contributed by atoms with Crippen LogP contribution in [0.25, 0.3) is 16.9 Å². The van der Waals surface area contributed by atoms with Gasteiger partial charge in [-0.2, -0.15) is 0 Å². The topological polar surface area (TPSA) is 115 Å². The maximum Gasteiger partial charge on any atom is 0.410 e. The first-order valence-electron chi connectivity index (χ1n) is 11.2. The highest BCUT2D eigenvalue weighted by Gasteiger charge is 2.31. The number of imidazole rings is 1. The molecule has 0 radical (unpaired) electrons. The molecule has 3 heterocycles. The number of nitrogens with one attached hydrogen (secondary N) is 1. The highest BCUT2D eigenvalue weighted by molar-refractivity contribution is 5.93. The van der Waals surface area contributed by atoms with Gasteiger partial charge in [0.2, 0.25) is 5.91 Å². The van der Waals surface area contributed by atoms with Gasteiger partial charge in [0.05, 0.1) is 11.9 Å². The van der Waals surface area contributed by atoms with Crippen molar-refractivity contribution >= 4 is 23.5 Å². The smallest absolute Gasteiger partial charge is 0.410 e. The second-order valence-electron chi connectivity index (χ2n) is 9.26. The number of fused-ring (bicyclic) bond motifs is 1. The maximum atomic E-state index is 12.5. The van der Waals surface area contributed by atoms with Gasteiger partial charge in [-0.1, -0.05) is 12.1 Å². The average Bonchev–Trinajstić information content (AvgIpc) is 3.39. The molecule has 1 aliphatic heterocycles. The van der Waals surface area contributed by atoms with Crippen LogP contribution in [0.4, 0.5) is 10.6 Å². The summed E-state index contributed by atoms with van der Waals surface area (Å²) in [4.78, 5) is 30.1. The summed E-state index contributed by atoms with van der Waals surface area (Å²) in [5.41, 5.74) is 7.71. The number of carbonyl (C=O) groups is 2. The molecular weight excluding hydrogens is 420 g/mol. The maximum absolute atomic E-state index is 12.5. The van der Waals surface area contributed by atoms with E-state index in [0.717, 1.165) is 48.5 Å². The lowest BCUT2D eigenvalue weighted by Crippen LogP contribution is -2.40. The van der Waals surface area contributed by atoms with Crippen LogP contribution in [0, 0.1) is 0 Å². The highest BCUT2D eigenvalue weighted by Crippen LogP contribution is 2.24. The summed E-state index contributed by atoms with van der Waals surface area (Å²) in [7, 11) is 0. The van der Waals surface area contributed by atoms with E-state index in [-0.39, 0.29) is 12.1 Å². The van der Waals surface area contributed by atoms with Gasteiger partial charge >= 0.3 is 6.09 Å². The third kappa shape index (κ3) is 5.24. The SMILES string of the molecule is CC(C)(C)OC(=O)N1CCCC1CCNc1ccc2ncc(-c3ccc(C(N)=O)cc3)n2n1. The van der Waals surface area contributed by atoms with Crippen LogP contribution in [0.2, 0.25) is 0 Å². The molecule has 2 amide bonds. The summed E-state index contributed by atoms with van der Waals surface area (Å²) in [6.45, 7) is 7.07. The predicted octanol–water partition coefficient (Wildman–Crippen LogP) is 3.70. The van der Waals surface area contributed by atoms with Crippen molar-refractivity contribution in [3.05, 3.63) is 48.2 Å². The minimum absolute atomic E-state index is 0.156. The van der Waals surface area contributed by atoms with Gasteiger partial charge in [0.1, 0.15) is 11.4 Å². The van der Waals surface area contributed by atoms with Crippen molar-refractivity contribution in [3.63, 3.8) is 0 Å². The number of hydrogen-bond acceptors (Lipinski definition) is 6. The number of nitrogens with zero attached hydrogens (tertiary/aromatic N) is 4. The number of primary amides is 1. The Labute approximate surface area is 192 Å². The zero-order valence-corrected chi connectivity index (χ0v) is 19.2. The first-order valence-corrected chi connectivity index (χ1v) is 11.2. The van der Waals surface area contributed by atoms with Crippen LogP contribution in [-0.2, 0) is 4.74 Å². The van der Waals surface area contributed by atoms with E-state index in [0.29, 0.717) is 12.1 Å². The molecule has 1 unspecified atom stereocenters. The number of benzene rings is 1. The van der Waals surface area contributed by atoms with Crippen LogP contribution in [0.15, 0.2) is 42.6 Å². The Morgan fingerprint density at radius 2 is 1.94 bits per heavy atom. The molecule has 0 aliphatic carbocycles. The number of anilines is 1. The van der Waals surface area contributed by atoms with Crippen molar-refractivity contribution < 1.29 is 14.3 Å². The molecule has 2 aromatic heterocycles. The third-order valence-electron chi connectivity index (χ3n) is 5.62. The molecule has 0 saturated carbocycles. The fourth-order valence-electron chi connectivity index (χ4n) is 4.03. The number of amides is 2. The van der Waals surface area contributed by atoms with Crippen LogP contribution in [0.1, 0.15) is 50.4 Å². The van der Waals surface area contributed by atoms with Gasteiger partial charge in [0, 0.05) is 30.3 Å². The first kappa shape index (κ1) is 22.6. The fourth-order valence-corrected chi connectivity index (χ4v) is 4.03. The van der Waals surface area contributed by atoms with E-state index < -0.39 is 11.5 Å². The van der Waals surface area contributed by atoms with Crippen LogP contribution in [0.5, 0.6) is 0 Å². The van der Waals surface area contributed by atoms with E-state index >= 15 is 0 Å². The summed E-state index contributed by atoms with van der Waals surface area (Å²) in [5.74, 6) is 0.258. The van der Waals surface area contributed by atoms with Crippen molar-refractivity contribution in [2.24, 2.45) is 5.73 Å². The standard InChI is InChI=1S/C24H30N6O3/c1-24(2,3)33-23(32)29-14-4-5-18(29)12-13-26-20-10-11-21-27-15-19(30(21)28-20)16-6-8-17(9-7-16)22(25)31/h6-11,15,18H,4-5,12-14H2,1-3H3,(H2,25,31)(H,26,28). The van der Waals surface area contributed by atoms with Gasteiger partial charge in [0.15, 0.2) is 5.65 Å². The molecule has 0 bridgehead atoms.